The second kappa shape index (κ2) is 12.6. The van der Waals surface area contributed by atoms with Crippen molar-refractivity contribution in [3.63, 3.8) is 0 Å². The zero-order valence-electron chi connectivity index (χ0n) is 25.4. The summed E-state index contributed by atoms with van der Waals surface area (Å²) in [7, 11) is 0. The molecule has 232 valence electrons. The number of aliphatic hydroxyl groups is 1. The quantitative estimate of drug-likeness (QED) is 0.259. The third kappa shape index (κ3) is 7.51. The van der Waals surface area contributed by atoms with Gasteiger partial charge in [-0.05, 0) is 91.6 Å². The summed E-state index contributed by atoms with van der Waals surface area (Å²) in [5.74, 6) is -2.13. The van der Waals surface area contributed by atoms with Gasteiger partial charge in [0, 0.05) is 60.5 Å². The normalized spacial score (nSPS) is 33.6. The molecule has 0 aromatic rings. The molecule has 1 heterocycles. The van der Waals surface area contributed by atoms with Gasteiger partial charge >= 0.3 is 0 Å². The van der Waals surface area contributed by atoms with E-state index in [1.807, 2.05) is 24.4 Å². The molecule has 0 spiro atoms. The zero-order valence-corrected chi connectivity index (χ0v) is 26.1. The van der Waals surface area contributed by atoms with Crippen molar-refractivity contribution < 1.29 is 18.6 Å². The average molecular weight is 611 g/mol. The minimum atomic E-state index is -2.86. The van der Waals surface area contributed by atoms with Crippen LogP contribution in [0.25, 0.3) is 0 Å². The number of aliphatic imine (C=N–C) groups is 1. The lowest BCUT2D eigenvalue weighted by Gasteiger charge is -2.36. The fourth-order valence-corrected chi connectivity index (χ4v) is 7.80. The van der Waals surface area contributed by atoms with Crippen molar-refractivity contribution >= 4 is 17.8 Å². The maximum absolute atomic E-state index is 14.5. The van der Waals surface area contributed by atoms with E-state index in [-0.39, 0.29) is 5.41 Å². The van der Waals surface area contributed by atoms with Gasteiger partial charge in [0.15, 0.2) is 6.23 Å². The summed E-state index contributed by atoms with van der Waals surface area (Å²) in [5, 5.41) is 15.2. The Morgan fingerprint density at radius 2 is 1.98 bits per heavy atom. The van der Waals surface area contributed by atoms with E-state index in [0.717, 1.165) is 99.5 Å². The standard InChI is InChI=1S/C36H45ClF2N2O2/c1-35(22-41-34(42)27-6-5-24(15-27)14-23-9-12-43-13-10-23)11-3-4-25(20-35)21-40-33-18-29(36(2,38)39)8-7-26-16-28-17-30(28)32(37)19-31(26)33/h5-8,15,17-19,22-25,28-29,34,40,42H,3-4,9-14,16,20-21H2,1-2H3/b41-22+. The maximum atomic E-state index is 14.5. The van der Waals surface area contributed by atoms with Crippen LogP contribution >= 0.6 is 11.6 Å². The Hall–Kier alpha value is -2.28. The molecule has 0 amide bonds. The highest BCUT2D eigenvalue weighted by atomic mass is 35.5. The average Bonchev–Trinajstić information content (AvgIpc) is 3.66. The molecular formula is C36H45ClF2N2O2. The van der Waals surface area contributed by atoms with Crippen LogP contribution in [0.1, 0.15) is 65.2 Å². The van der Waals surface area contributed by atoms with Crippen LogP contribution in [0.15, 0.2) is 86.6 Å². The van der Waals surface area contributed by atoms with E-state index in [4.69, 9.17) is 16.3 Å². The Balaban J connectivity index is 1.09. The Labute approximate surface area is 260 Å². The number of hydrogen-bond acceptors (Lipinski definition) is 4. The van der Waals surface area contributed by atoms with Crippen LogP contribution in [0, 0.1) is 35.0 Å². The van der Waals surface area contributed by atoms with Crippen LogP contribution < -0.4 is 5.32 Å². The third-order valence-corrected chi connectivity index (χ3v) is 10.5. The van der Waals surface area contributed by atoms with Crippen molar-refractivity contribution in [1.82, 2.24) is 5.32 Å². The summed E-state index contributed by atoms with van der Waals surface area (Å²) in [4.78, 5) is 4.63. The van der Waals surface area contributed by atoms with Gasteiger partial charge in [0.2, 0.25) is 0 Å². The van der Waals surface area contributed by atoms with Gasteiger partial charge in [0.05, 0.1) is 5.92 Å². The van der Waals surface area contributed by atoms with Gasteiger partial charge in [-0.2, -0.15) is 0 Å². The van der Waals surface area contributed by atoms with Crippen molar-refractivity contribution in [3.05, 3.63) is 81.6 Å². The Kier molecular flexibility index (Phi) is 9.01. The van der Waals surface area contributed by atoms with Crippen LogP contribution in [0.5, 0.6) is 0 Å². The summed E-state index contributed by atoms with van der Waals surface area (Å²) >= 11 is 6.61. The topological polar surface area (TPSA) is 53.9 Å². The lowest BCUT2D eigenvalue weighted by Crippen LogP contribution is -2.34. The number of fused-ring (bicyclic) bond motifs is 1. The highest BCUT2D eigenvalue weighted by Gasteiger charge is 2.37. The summed E-state index contributed by atoms with van der Waals surface area (Å²) in [6.07, 6.45) is 25.0. The second-order valence-electron chi connectivity index (χ2n) is 13.9. The first kappa shape index (κ1) is 30.7. The Bertz CT molecular complexity index is 1330. The van der Waals surface area contributed by atoms with E-state index in [9.17, 15) is 13.9 Å². The number of hydrogen-bond donors (Lipinski definition) is 2. The smallest absolute Gasteiger partial charge is 0.255 e. The zero-order chi connectivity index (χ0) is 30.2. The van der Waals surface area contributed by atoms with E-state index in [2.05, 4.69) is 35.5 Å². The number of aliphatic hydroxyl groups excluding tert-OH is 1. The van der Waals surface area contributed by atoms with Crippen molar-refractivity contribution in [2.24, 2.45) is 40.0 Å². The molecule has 43 heavy (non-hydrogen) atoms. The highest BCUT2D eigenvalue weighted by Crippen LogP contribution is 2.47. The molecule has 0 radical (unpaired) electrons. The largest absolute Gasteiger partial charge is 0.385 e. The predicted molar refractivity (Wildman–Crippen MR) is 170 cm³/mol. The van der Waals surface area contributed by atoms with Gasteiger partial charge in [-0.1, -0.05) is 61.4 Å². The number of halogens is 3. The molecule has 1 saturated heterocycles. The molecule has 7 heteroatoms. The first-order valence-corrected chi connectivity index (χ1v) is 16.5. The summed E-state index contributed by atoms with van der Waals surface area (Å²) < 4.78 is 34.5. The SMILES string of the molecule is CC1(/C=N/C(O)C2=CC(CC3CCOCC3)C=C2)CCCC(CNC2=CC(C(C)(F)F)C=CC3=C2C=C(Cl)C2=CC2C3)C1. The molecule has 2 fully saturated rings. The summed E-state index contributed by atoms with van der Waals surface area (Å²) in [6, 6.07) is 0. The van der Waals surface area contributed by atoms with E-state index >= 15 is 0 Å². The van der Waals surface area contributed by atoms with Crippen LogP contribution in [-0.4, -0.2) is 43.2 Å². The molecule has 0 aromatic carbocycles. The molecule has 1 saturated carbocycles. The molecule has 6 rings (SSSR count). The molecule has 6 unspecified atom stereocenters. The molecule has 0 aromatic heterocycles. The van der Waals surface area contributed by atoms with Gasteiger partial charge in [-0.15, -0.1) is 0 Å². The maximum Gasteiger partial charge on any atom is 0.255 e. The van der Waals surface area contributed by atoms with Gasteiger partial charge in [0.25, 0.3) is 5.92 Å². The van der Waals surface area contributed by atoms with E-state index in [1.165, 1.54) is 0 Å². The molecule has 4 nitrogen and oxygen atoms in total. The van der Waals surface area contributed by atoms with Gasteiger partial charge in [0.1, 0.15) is 0 Å². The molecule has 0 bridgehead atoms. The molecule has 5 aliphatic carbocycles. The van der Waals surface area contributed by atoms with Crippen LogP contribution in [0.2, 0.25) is 0 Å². The van der Waals surface area contributed by atoms with E-state index < -0.39 is 18.1 Å². The second-order valence-corrected chi connectivity index (χ2v) is 14.3. The lowest BCUT2D eigenvalue weighted by atomic mass is 9.71. The molecule has 1 aliphatic heterocycles. The lowest BCUT2D eigenvalue weighted by molar-refractivity contribution is -0.00441. The molecular weight excluding hydrogens is 566 g/mol. The monoisotopic (exact) mass is 610 g/mol. The van der Waals surface area contributed by atoms with Crippen molar-refractivity contribution in [2.45, 2.75) is 77.4 Å². The fraction of sp³-hybridized carbons (Fsp3) is 0.583. The fourth-order valence-electron chi connectivity index (χ4n) is 7.49. The summed E-state index contributed by atoms with van der Waals surface area (Å²) in [5.41, 5.74) is 4.64. The number of rotatable bonds is 9. The Morgan fingerprint density at radius 3 is 2.77 bits per heavy atom. The number of nitrogens with zero attached hydrogens (tertiary/aromatic N) is 1. The molecule has 6 aliphatic rings. The molecule has 2 N–H and O–H groups in total. The predicted octanol–water partition coefficient (Wildman–Crippen LogP) is 8.20. The first-order chi connectivity index (χ1) is 20.6. The Morgan fingerprint density at radius 1 is 1.16 bits per heavy atom. The summed E-state index contributed by atoms with van der Waals surface area (Å²) in [6.45, 7) is 5.61. The van der Waals surface area contributed by atoms with Gasteiger partial charge in [-0.25, -0.2) is 8.78 Å². The van der Waals surface area contributed by atoms with E-state index in [1.54, 1.807) is 12.2 Å². The minimum Gasteiger partial charge on any atom is -0.385 e. The van der Waals surface area contributed by atoms with Crippen LogP contribution in [0.4, 0.5) is 8.78 Å². The first-order valence-electron chi connectivity index (χ1n) is 16.1. The van der Waals surface area contributed by atoms with Crippen molar-refractivity contribution in [1.29, 1.82) is 0 Å². The number of nitrogens with one attached hydrogen (secondary N) is 1. The number of alkyl halides is 2. The van der Waals surface area contributed by atoms with Crippen LogP contribution in [0.3, 0.4) is 0 Å². The molecule has 6 atom stereocenters. The minimum absolute atomic E-state index is 0.127. The highest BCUT2D eigenvalue weighted by molar-refractivity contribution is 6.32. The third-order valence-electron chi connectivity index (χ3n) is 10.1. The van der Waals surface area contributed by atoms with Crippen LogP contribution in [-0.2, 0) is 4.74 Å². The van der Waals surface area contributed by atoms with Gasteiger partial charge < -0.3 is 15.2 Å². The van der Waals surface area contributed by atoms with Gasteiger partial charge in [-0.3, -0.25) is 4.99 Å². The van der Waals surface area contributed by atoms with E-state index in [0.29, 0.717) is 35.2 Å². The number of allylic oxidation sites excluding steroid dienone is 10. The number of ether oxygens (including phenoxy) is 1. The van der Waals surface area contributed by atoms with Crippen molar-refractivity contribution in [2.75, 3.05) is 19.8 Å². The van der Waals surface area contributed by atoms with Crippen molar-refractivity contribution in [3.8, 4) is 0 Å².